The van der Waals surface area contributed by atoms with Crippen LogP contribution < -0.4 is 10.6 Å². The van der Waals surface area contributed by atoms with Gasteiger partial charge >= 0.3 is 0 Å². The average molecular weight is 249 g/mol. The molecule has 1 saturated heterocycles. The number of halogens is 1. The molecule has 1 atom stereocenters. The molecular formula is C12H25ClN2O. The van der Waals surface area contributed by atoms with Crippen molar-refractivity contribution in [2.75, 3.05) is 13.1 Å². The minimum Gasteiger partial charge on any atom is -0.353 e. The number of hydrogen-bond donors (Lipinski definition) is 2. The maximum absolute atomic E-state index is 11.6. The van der Waals surface area contributed by atoms with E-state index in [4.69, 9.17) is 0 Å². The van der Waals surface area contributed by atoms with Gasteiger partial charge in [-0.1, -0.05) is 13.8 Å². The summed E-state index contributed by atoms with van der Waals surface area (Å²) < 4.78 is 0. The highest BCUT2D eigenvalue weighted by Gasteiger charge is 2.16. The zero-order chi connectivity index (χ0) is 11.1. The predicted molar refractivity (Wildman–Crippen MR) is 70.0 cm³/mol. The Hall–Kier alpha value is -0.280. The predicted octanol–water partition coefficient (Wildman–Crippen LogP) is 2.10. The summed E-state index contributed by atoms with van der Waals surface area (Å²) in [5.74, 6) is 0.952. The zero-order valence-electron chi connectivity index (χ0n) is 10.4. The Kier molecular flexibility index (Phi) is 8.67. The van der Waals surface area contributed by atoms with Crippen LogP contribution in [0.3, 0.4) is 0 Å². The molecule has 16 heavy (non-hydrogen) atoms. The topological polar surface area (TPSA) is 41.1 Å². The molecule has 0 aromatic heterocycles. The Balaban J connectivity index is 0.00000225. The van der Waals surface area contributed by atoms with Gasteiger partial charge in [0.2, 0.25) is 5.91 Å². The quantitative estimate of drug-likeness (QED) is 0.756. The fourth-order valence-corrected chi connectivity index (χ4v) is 2.09. The molecular weight excluding hydrogens is 224 g/mol. The largest absolute Gasteiger partial charge is 0.353 e. The number of amides is 1. The van der Waals surface area contributed by atoms with E-state index in [1.807, 2.05) is 0 Å². The van der Waals surface area contributed by atoms with Gasteiger partial charge < -0.3 is 10.6 Å². The molecule has 0 aromatic carbocycles. The van der Waals surface area contributed by atoms with E-state index in [1.54, 1.807) is 0 Å². The highest BCUT2D eigenvalue weighted by Crippen LogP contribution is 2.14. The fourth-order valence-electron chi connectivity index (χ4n) is 2.09. The summed E-state index contributed by atoms with van der Waals surface area (Å²) in [6.07, 6.45) is 5.04. The van der Waals surface area contributed by atoms with Crippen LogP contribution in [0.2, 0.25) is 0 Å². The van der Waals surface area contributed by atoms with Crippen LogP contribution in [0.4, 0.5) is 0 Å². The first kappa shape index (κ1) is 15.7. The molecule has 3 nitrogen and oxygen atoms in total. The fraction of sp³-hybridized carbons (Fsp3) is 0.917. The second-order valence-corrected chi connectivity index (χ2v) is 4.48. The van der Waals surface area contributed by atoms with Crippen molar-refractivity contribution in [3.63, 3.8) is 0 Å². The lowest BCUT2D eigenvalue weighted by atomic mass is 10.0. The number of carbonyl (C=O) groups is 1. The lowest BCUT2D eigenvalue weighted by molar-refractivity contribution is -0.122. The first-order valence-electron chi connectivity index (χ1n) is 6.26. The molecule has 0 aliphatic carbocycles. The molecule has 0 spiro atoms. The number of rotatable bonds is 6. The molecule has 1 unspecified atom stereocenters. The normalized spacial score (nSPS) is 19.6. The van der Waals surface area contributed by atoms with Gasteiger partial charge in [0, 0.05) is 12.5 Å². The molecule has 0 saturated carbocycles. The Bertz CT molecular complexity index is 189. The van der Waals surface area contributed by atoms with Crippen molar-refractivity contribution in [3.05, 3.63) is 0 Å². The van der Waals surface area contributed by atoms with E-state index < -0.39 is 0 Å². The van der Waals surface area contributed by atoms with Gasteiger partial charge in [0.15, 0.2) is 0 Å². The van der Waals surface area contributed by atoms with Gasteiger partial charge in [-0.3, -0.25) is 4.79 Å². The van der Waals surface area contributed by atoms with E-state index >= 15 is 0 Å². The first-order chi connectivity index (χ1) is 7.26. The molecule has 0 bridgehead atoms. The third-order valence-electron chi connectivity index (χ3n) is 3.29. The number of nitrogens with one attached hydrogen (secondary N) is 2. The Morgan fingerprint density at radius 3 is 2.62 bits per heavy atom. The number of carbonyl (C=O) groups excluding carboxylic acids is 1. The molecule has 2 N–H and O–H groups in total. The minimum atomic E-state index is 0. The van der Waals surface area contributed by atoms with Crippen molar-refractivity contribution in [2.24, 2.45) is 5.92 Å². The second kappa shape index (κ2) is 8.82. The number of hydrogen-bond acceptors (Lipinski definition) is 2. The third-order valence-corrected chi connectivity index (χ3v) is 3.29. The van der Waals surface area contributed by atoms with Crippen LogP contribution in [0.15, 0.2) is 0 Å². The maximum Gasteiger partial charge on any atom is 0.220 e. The Morgan fingerprint density at radius 2 is 2.12 bits per heavy atom. The van der Waals surface area contributed by atoms with Crippen LogP contribution in [0, 0.1) is 5.92 Å². The van der Waals surface area contributed by atoms with E-state index in [-0.39, 0.29) is 18.3 Å². The average Bonchev–Trinajstić information content (AvgIpc) is 2.75. The van der Waals surface area contributed by atoms with Gasteiger partial charge in [0.05, 0.1) is 0 Å². The lowest BCUT2D eigenvalue weighted by Gasteiger charge is -2.15. The highest BCUT2D eigenvalue weighted by atomic mass is 35.5. The summed E-state index contributed by atoms with van der Waals surface area (Å²) in [5, 5.41) is 6.41. The lowest BCUT2D eigenvalue weighted by Crippen LogP contribution is -2.33. The Labute approximate surface area is 105 Å². The smallest absolute Gasteiger partial charge is 0.220 e. The molecule has 1 rings (SSSR count). The molecule has 1 amide bonds. The van der Waals surface area contributed by atoms with Gasteiger partial charge in [-0.2, -0.15) is 0 Å². The van der Waals surface area contributed by atoms with Crippen molar-refractivity contribution < 1.29 is 4.79 Å². The van der Waals surface area contributed by atoms with Gasteiger partial charge in [-0.05, 0) is 44.7 Å². The molecule has 0 radical (unpaired) electrons. The van der Waals surface area contributed by atoms with Crippen molar-refractivity contribution in [2.45, 2.75) is 52.0 Å². The molecule has 1 fully saturated rings. The first-order valence-corrected chi connectivity index (χ1v) is 6.26. The van der Waals surface area contributed by atoms with E-state index in [1.165, 1.54) is 6.42 Å². The summed E-state index contributed by atoms with van der Waals surface area (Å²) in [4.78, 5) is 11.6. The maximum atomic E-state index is 11.6. The van der Waals surface area contributed by atoms with Crippen LogP contribution in [-0.2, 0) is 4.79 Å². The van der Waals surface area contributed by atoms with Crippen LogP contribution in [0.5, 0.6) is 0 Å². The highest BCUT2D eigenvalue weighted by molar-refractivity contribution is 5.85. The summed E-state index contributed by atoms with van der Waals surface area (Å²) in [5.41, 5.74) is 0. The van der Waals surface area contributed by atoms with Crippen LogP contribution >= 0.6 is 12.4 Å². The van der Waals surface area contributed by atoms with Crippen LogP contribution in [0.25, 0.3) is 0 Å². The van der Waals surface area contributed by atoms with Crippen LogP contribution in [0.1, 0.15) is 46.0 Å². The van der Waals surface area contributed by atoms with Gasteiger partial charge in [0.1, 0.15) is 0 Å². The van der Waals surface area contributed by atoms with E-state index in [9.17, 15) is 4.79 Å². The molecule has 4 heteroatoms. The molecule has 1 aliphatic rings. The zero-order valence-corrected chi connectivity index (χ0v) is 11.2. The molecule has 1 aliphatic heterocycles. The summed E-state index contributed by atoms with van der Waals surface area (Å²) in [6.45, 7) is 6.46. The monoisotopic (exact) mass is 248 g/mol. The molecule has 0 aromatic rings. The van der Waals surface area contributed by atoms with Crippen molar-refractivity contribution in [3.8, 4) is 0 Å². The van der Waals surface area contributed by atoms with Gasteiger partial charge in [-0.15, -0.1) is 12.4 Å². The molecule has 1 heterocycles. The van der Waals surface area contributed by atoms with Crippen molar-refractivity contribution in [1.29, 1.82) is 0 Å². The summed E-state index contributed by atoms with van der Waals surface area (Å²) >= 11 is 0. The summed E-state index contributed by atoms with van der Waals surface area (Å²) in [7, 11) is 0. The summed E-state index contributed by atoms with van der Waals surface area (Å²) in [6, 6.07) is 0.374. The van der Waals surface area contributed by atoms with Crippen molar-refractivity contribution >= 4 is 18.3 Å². The third kappa shape index (κ3) is 5.71. The van der Waals surface area contributed by atoms with E-state index in [2.05, 4.69) is 24.5 Å². The standard InChI is InChI=1S/C12H24N2O.ClH/c1-3-11(4-2)14-12(15)6-5-10-7-8-13-9-10;/h10-11,13H,3-9H2,1-2H3,(H,14,15);1H. The minimum absolute atomic E-state index is 0. The Morgan fingerprint density at radius 1 is 1.44 bits per heavy atom. The van der Waals surface area contributed by atoms with E-state index in [0.717, 1.165) is 38.3 Å². The van der Waals surface area contributed by atoms with E-state index in [0.29, 0.717) is 12.5 Å². The van der Waals surface area contributed by atoms with Crippen LogP contribution in [-0.4, -0.2) is 25.0 Å². The second-order valence-electron chi connectivity index (χ2n) is 4.48. The van der Waals surface area contributed by atoms with Crippen molar-refractivity contribution in [1.82, 2.24) is 10.6 Å². The SMILES string of the molecule is CCC(CC)NC(=O)CCC1CCNC1.Cl. The van der Waals surface area contributed by atoms with Gasteiger partial charge in [-0.25, -0.2) is 0 Å². The van der Waals surface area contributed by atoms with Gasteiger partial charge in [0.25, 0.3) is 0 Å². The molecule has 96 valence electrons.